The molecule has 5 rings (SSSR count). The van der Waals surface area contributed by atoms with Crippen LogP contribution in [-0.2, 0) is 19.4 Å². The maximum absolute atomic E-state index is 4.14. The summed E-state index contributed by atoms with van der Waals surface area (Å²) in [5, 5.41) is 1.49. The second-order valence-corrected chi connectivity index (χ2v) is 7.75. The summed E-state index contributed by atoms with van der Waals surface area (Å²) in [4.78, 5) is 6.77. The van der Waals surface area contributed by atoms with Gasteiger partial charge in [-0.2, -0.15) is 0 Å². The molecular weight excluding hydrogens is 306 g/mol. The van der Waals surface area contributed by atoms with Gasteiger partial charge in [-0.1, -0.05) is 11.6 Å². The van der Waals surface area contributed by atoms with Gasteiger partial charge < -0.3 is 4.57 Å². The minimum absolute atomic E-state index is 0.611. The van der Waals surface area contributed by atoms with Gasteiger partial charge in [-0.05, 0) is 68.6 Å². The van der Waals surface area contributed by atoms with Crippen LogP contribution in [0.15, 0.2) is 42.7 Å². The molecule has 3 heteroatoms. The molecule has 128 valence electrons. The second-order valence-electron chi connectivity index (χ2n) is 7.75. The molecule has 1 saturated heterocycles. The smallest absolute Gasteiger partial charge is 0.0486 e. The Bertz CT molecular complexity index is 925. The van der Waals surface area contributed by atoms with Gasteiger partial charge in [0.25, 0.3) is 0 Å². The molecular formula is C22H25N3. The first-order valence-electron chi connectivity index (χ1n) is 9.45. The van der Waals surface area contributed by atoms with E-state index in [2.05, 4.69) is 58.8 Å². The average molecular weight is 331 g/mol. The number of aryl methyl sites for hydroxylation is 3. The lowest BCUT2D eigenvalue weighted by Crippen LogP contribution is -2.34. The third kappa shape index (κ3) is 2.33. The highest BCUT2D eigenvalue weighted by Crippen LogP contribution is 2.46. The molecule has 0 spiro atoms. The van der Waals surface area contributed by atoms with Crippen LogP contribution in [0.25, 0.3) is 10.9 Å². The number of hydrogen-bond acceptors (Lipinski definition) is 2. The van der Waals surface area contributed by atoms with Crippen molar-refractivity contribution in [3.8, 4) is 0 Å². The van der Waals surface area contributed by atoms with Crippen LogP contribution < -0.4 is 0 Å². The number of rotatable bonds is 3. The van der Waals surface area contributed by atoms with Crippen LogP contribution in [-0.4, -0.2) is 27.5 Å². The number of hydrogen-bond donors (Lipinski definition) is 0. The highest BCUT2D eigenvalue weighted by atomic mass is 15.2. The molecule has 0 saturated carbocycles. The van der Waals surface area contributed by atoms with Gasteiger partial charge in [0.15, 0.2) is 0 Å². The molecule has 1 fully saturated rings. The van der Waals surface area contributed by atoms with Crippen LogP contribution in [0.4, 0.5) is 0 Å². The molecule has 2 aromatic heterocycles. The van der Waals surface area contributed by atoms with E-state index in [0.717, 1.165) is 19.0 Å². The summed E-state index contributed by atoms with van der Waals surface area (Å²) in [5.74, 6) is 0. The quantitative estimate of drug-likeness (QED) is 0.714. The molecule has 2 atom stereocenters. The second kappa shape index (κ2) is 5.70. The molecule has 2 bridgehead atoms. The Kier molecular flexibility index (Phi) is 3.46. The van der Waals surface area contributed by atoms with Crippen molar-refractivity contribution in [2.75, 3.05) is 7.05 Å². The summed E-state index contributed by atoms with van der Waals surface area (Å²) in [6.07, 6.45) is 8.72. The van der Waals surface area contributed by atoms with Crippen molar-refractivity contribution >= 4 is 10.9 Å². The van der Waals surface area contributed by atoms with Crippen molar-refractivity contribution in [1.29, 1.82) is 0 Å². The fourth-order valence-corrected chi connectivity index (χ4v) is 5.01. The molecule has 2 aliphatic heterocycles. The van der Waals surface area contributed by atoms with Gasteiger partial charge in [0.2, 0.25) is 0 Å². The first-order chi connectivity index (χ1) is 12.2. The zero-order chi connectivity index (χ0) is 17.0. The monoisotopic (exact) mass is 331 g/mol. The molecule has 3 nitrogen and oxygen atoms in total. The molecule has 1 aromatic carbocycles. The summed E-state index contributed by atoms with van der Waals surface area (Å²) >= 11 is 0. The van der Waals surface area contributed by atoms with Crippen molar-refractivity contribution < 1.29 is 0 Å². The zero-order valence-electron chi connectivity index (χ0n) is 15.1. The Morgan fingerprint density at radius 1 is 1.12 bits per heavy atom. The predicted molar refractivity (Wildman–Crippen MR) is 102 cm³/mol. The number of pyridine rings is 1. The minimum Gasteiger partial charge on any atom is -0.344 e. The summed E-state index contributed by atoms with van der Waals surface area (Å²) in [6.45, 7) is 3.27. The van der Waals surface area contributed by atoms with Gasteiger partial charge in [-0.25, -0.2) is 0 Å². The Hall–Kier alpha value is -2.13. The van der Waals surface area contributed by atoms with Crippen LogP contribution in [0.3, 0.4) is 0 Å². The van der Waals surface area contributed by atoms with Gasteiger partial charge in [-0.3, -0.25) is 9.88 Å². The summed E-state index contributed by atoms with van der Waals surface area (Å²) in [6, 6.07) is 12.6. The summed E-state index contributed by atoms with van der Waals surface area (Å²) in [7, 11) is 2.32. The fourth-order valence-electron chi connectivity index (χ4n) is 5.01. The Morgan fingerprint density at radius 3 is 2.80 bits per heavy atom. The lowest BCUT2D eigenvalue weighted by molar-refractivity contribution is 0.222. The molecule has 0 radical (unpaired) electrons. The maximum atomic E-state index is 4.14. The van der Waals surface area contributed by atoms with Crippen molar-refractivity contribution in [3.63, 3.8) is 0 Å². The lowest BCUT2D eigenvalue weighted by Gasteiger charge is -2.32. The van der Waals surface area contributed by atoms with Gasteiger partial charge in [0.1, 0.15) is 0 Å². The zero-order valence-corrected chi connectivity index (χ0v) is 15.1. The molecule has 25 heavy (non-hydrogen) atoms. The minimum atomic E-state index is 0.611. The van der Waals surface area contributed by atoms with Crippen LogP contribution in [0.5, 0.6) is 0 Å². The summed E-state index contributed by atoms with van der Waals surface area (Å²) < 4.78 is 2.61. The van der Waals surface area contributed by atoms with Crippen LogP contribution >= 0.6 is 0 Å². The van der Waals surface area contributed by atoms with Crippen LogP contribution in [0, 0.1) is 6.92 Å². The lowest BCUT2D eigenvalue weighted by atomic mass is 9.97. The van der Waals surface area contributed by atoms with Gasteiger partial charge in [0, 0.05) is 54.0 Å². The largest absolute Gasteiger partial charge is 0.344 e. The number of aromatic nitrogens is 2. The van der Waals surface area contributed by atoms with Gasteiger partial charge >= 0.3 is 0 Å². The molecule has 2 aliphatic rings. The molecule has 4 heterocycles. The first kappa shape index (κ1) is 15.2. The third-order valence-corrected chi connectivity index (χ3v) is 6.35. The Labute approximate surface area is 149 Å². The van der Waals surface area contributed by atoms with E-state index >= 15 is 0 Å². The highest BCUT2D eigenvalue weighted by molar-refractivity contribution is 5.87. The van der Waals surface area contributed by atoms with E-state index in [-0.39, 0.29) is 0 Å². The molecule has 3 aromatic rings. The highest BCUT2D eigenvalue weighted by Gasteiger charge is 2.40. The van der Waals surface area contributed by atoms with E-state index in [9.17, 15) is 0 Å². The van der Waals surface area contributed by atoms with Crippen LogP contribution in [0.1, 0.15) is 41.3 Å². The number of benzene rings is 1. The maximum Gasteiger partial charge on any atom is 0.0486 e. The standard InChI is InChI=1S/C22H25N3/c1-15-3-5-19-18(13-15)22-20-6-4-17(24(20)2)14-21(22)25(19)12-9-16-7-10-23-11-8-16/h3,5,7-8,10-11,13,17,20H,4,6,9,12,14H2,1-2H3/t17-,20+/m0/s1. The molecule has 0 aliphatic carbocycles. The van der Waals surface area contributed by atoms with E-state index in [0.29, 0.717) is 6.04 Å². The molecule has 0 unspecified atom stereocenters. The topological polar surface area (TPSA) is 21.1 Å². The molecule has 0 amide bonds. The van der Waals surface area contributed by atoms with E-state index < -0.39 is 0 Å². The number of fused-ring (bicyclic) bond motifs is 6. The summed E-state index contributed by atoms with van der Waals surface area (Å²) in [5.41, 5.74) is 7.37. The number of nitrogens with zero attached hydrogens (tertiary/aromatic N) is 3. The first-order valence-corrected chi connectivity index (χ1v) is 9.45. The van der Waals surface area contributed by atoms with Gasteiger partial charge in [0.05, 0.1) is 0 Å². The van der Waals surface area contributed by atoms with E-state index in [1.54, 1.807) is 11.3 Å². The normalized spacial score (nSPS) is 22.5. The Balaban J connectivity index is 1.62. The van der Waals surface area contributed by atoms with Crippen molar-refractivity contribution in [2.24, 2.45) is 0 Å². The van der Waals surface area contributed by atoms with Crippen LogP contribution in [0.2, 0.25) is 0 Å². The van der Waals surface area contributed by atoms with E-state index in [4.69, 9.17) is 0 Å². The molecule has 0 N–H and O–H groups in total. The van der Waals surface area contributed by atoms with Crippen molar-refractivity contribution in [2.45, 2.75) is 51.2 Å². The van der Waals surface area contributed by atoms with Gasteiger partial charge in [-0.15, -0.1) is 0 Å². The van der Waals surface area contributed by atoms with E-state index in [1.165, 1.54) is 41.3 Å². The van der Waals surface area contributed by atoms with Crippen molar-refractivity contribution in [3.05, 3.63) is 65.1 Å². The number of likely N-dealkylation sites (N-methyl/N-ethyl adjacent to an activating group) is 1. The van der Waals surface area contributed by atoms with Crippen molar-refractivity contribution in [1.82, 2.24) is 14.5 Å². The SMILES string of the molecule is Cc1ccc2c(c1)c1c(n2CCc2ccncc2)C[C@@H]2CC[C@H]1N2C. The third-order valence-electron chi connectivity index (χ3n) is 6.35. The van der Waals surface area contributed by atoms with E-state index in [1.807, 2.05) is 12.4 Å². The predicted octanol–water partition coefficient (Wildman–Crippen LogP) is 4.28. The Morgan fingerprint density at radius 2 is 1.96 bits per heavy atom. The average Bonchev–Trinajstić information content (AvgIpc) is 3.04. The fraction of sp³-hybridized carbons (Fsp3) is 0.409.